The molecule has 1 unspecified atom stereocenters. The van der Waals surface area contributed by atoms with Gasteiger partial charge >= 0.3 is 0 Å². The van der Waals surface area contributed by atoms with Gasteiger partial charge in [0.15, 0.2) is 0 Å². The molecule has 0 amide bonds. The number of rotatable bonds is 8. The quantitative estimate of drug-likeness (QED) is 0.761. The number of nitrogens with one attached hydrogen (secondary N) is 1. The van der Waals surface area contributed by atoms with Gasteiger partial charge in [-0.1, -0.05) is 6.92 Å². The molecule has 0 aliphatic rings. The first kappa shape index (κ1) is 17.1. The van der Waals surface area contributed by atoms with Crippen molar-refractivity contribution in [3.63, 3.8) is 0 Å². The minimum absolute atomic E-state index is 0.261. The molecule has 1 N–H and O–H groups in total. The first-order valence-electron chi connectivity index (χ1n) is 6.50. The summed E-state index contributed by atoms with van der Waals surface area (Å²) in [6.45, 7) is 5.17. The van der Waals surface area contributed by atoms with Crippen molar-refractivity contribution >= 4 is 37.1 Å². The zero-order valence-corrected chi connectivity index (χ0v) is 14.9. The van der Waals surface area contributed by atoms with Gasteiger partial charge in [0.25, 0.3) is 0 Å². The Morgan fingerprint density at radius 2 is 2.16 bits per heavy atom. The lowest BCUT2D eigenvalue weighted by atomic mass is 10.1. The van der Waals surface area contributed by atoms with Gasteiger partial charge in [-0.15, -0.1) is 11.3 Å². The molecule has 1 heterocycles. The Bertz CT molecular complexity index is 477. The fourth-order valence-electron chi connectivity index (χ4n) is 1.87. The van der Waals surface area contributed by atoms with Gasteiger partial charge in [-0.25, -0.2) is 8.42 Å². The molecule has 110 valence electrons. The average Bonchev–Trinajstić information content (AvgIpc) is 2.62. The maximum Gasteiger partial charge on any atom is 0.147 e. The zero-order valence-electron chi connectivity index (χ0n) is 11.7. The fourth-order valence-corrected chi connectivity index (χ4v) is 4.24. The van der Waals surface area contributed by atoms with Crippen molar-refractivity contribution in [3.05, 3.63) is 20.3 Å². The van der Waals surface area contributed by atoms with Crippen molar-refractivity contribution in [1.29, 1.82) is 0 Å². The first-order chi connectivity index (χ1) is 8.83. The Balaban J connectivity index is 2.66. The third kappa shape index (κ3) is 6.38. The standard InChI is InChI=1S/C13H22BrNO2S2/c1-4-7-15-11(6-5-8-19(3,16)17)12-9-10(2)13(14)18-12/h9,11,15H,4-8H2,1-3H3. The molecule has 0 fully saturated rings. The second kappa shape index (κ2) is 7.76. The van der Waals surface area contributed by atoms with Crippen molar-refractivity contribution in [3.8, 4) is 0 Å². The van der Waals surface area contributed by atoms with Gasteiger partial charge in [0.1, 0.15) is 9.84 Å². The summed E-state index contributed by atoms with van der Waals surface area (Å²) in [4.78, 5) is 1.28. The molecule has 0 radical (unpaired) electrons. The largest absolute Gasteiger partial charge is 0.309 e. The summed E-state index contributed by atoms with van der Waals surface area (Å²) >= 11 is 5.28. The maximum atomic E-state index is 11.2. The van der Waals surface area contributed by atoms with Crippen molar-refractivity contribution in [2.45, 2.75) is 39.2 Å². The Kier molecular flexibility index (Phi) is 7.00. The first-order valence-corrected chi connectivity index (χ1v) is 10.2. The molecule has 3 nitrogen and oxygen atoms in total. The highest BCUT2D eigenvalue weighted by molar-refractivity contribution is 9.11. The molecule has 6 heteroatoms. The Hall–Kier alpha value is 0.0900. The van der Waals surface area contributed by atoms with Gasteiger partial charge in [-0.3, -0.25) is 0 Å². The number of thiophene rings is 1. The summed E-state index contributed by atoms with van der Waals surface area (Å²) in [5, 5.41) is 3.51. The summed E-state index contributed by atoms with van der Waals surface area (Å²) < 4.78 is 23.6. The molecular weight excluding hydrogens is 346 g/mol. The lowest BCUT2D eigenvalue weighted by Gasteiger charge is -2.16. The van der Waals surface area contributed by atoms with Crippen LogP contribution in [-0.4, -0.2) is 27.0 Å². The van der Waals surface area contributed by atoms with Crippen LogP contribution in [0, 0.1) is 6.92 Å². The lowest BCUT2D eigenvalue weighted by molar-refractivity contribution is 0.499. The molecule has 0 aliphatic heterocycles. The molecular formula is C13H22BrNO2S2. The normalized spacial score (nSPS) is 13.7. The van der Waals surface area contributed by atoms with Crippen molar-refractivity contribution in [1.82, 2.24) is 5.32 Å². The van der Waals surface area contributed by atoms with Crippen molar-refractivity contribution < 1.29 is 8.42 Å². The van der Waals surface area contributed by atoms with E-state index in [1.165, 1.54) is 16.7 Å². The van der Waals surface area contributed by atoms with Gasteiger partial charge in [-0.05, 0) is 60.3 Å². The van der Waals surface area contributed by atoms with E-state index < -0.39 is 9.84 Å². The highest BCUT2D eigenvalue weighted by Gasteiger charge is 2.15. The predicted octanol–water partition coefficient (Wildman–Crippen LogP) is 3.68. The van der Waals surface area contributed by atoms with E-state index in [1.807, 2.05) is 0 Å². The molecule has 1 aromatic rings. The van der Waals surface area contributed by atoms with Crippen LogP contribution in [0.15, 0.2) is 9.85 Å². The molecule has 1 rings (SSSR count). The summed E-state index contributed by atoms with van der Waals surface area (Å²) in [5.41, 5.74) is 1.24. The lowest BCUT2D eigenvalue weighted by Crippen LogP contribution is -2.22. The minimum atomic E-state index is -2.86. The predicted molar refractivity (Wildman–Crippen MR) is 86.7 cm³/mol. The summed E-state index contributed by atoms with van der Waals surface area (Å²) in [6, 6.07) is 2.44. The van der Waals surface area contributed by atoms with Crippen LogP contribution in [0.25, 0.3) is 0 Å². The highest BCUT2D eigenvalue weighted by atomic mass is 79.9. The number of hydrogen-bond donors (Lipinski definition) is 1. The van der Waals surface area contributed by atoms with Crippen LogP contribution in [0.5, 0.6) is 0 Å². The average molecular weight is 368 g/mol. The van der Waals surface area contributed by atoms with Crippen LogP contribution in [0.3, 0.4) is 0 Å². The number of sulfone groups is 1. The van der Waals surface area contributed by atoms with E-state index in [0.29, 0.717) is 6.42 Å². The van der Waals surface area contributed by atoms with E-state index in [2.05, 4.69) is 41.2 Å². The van der Waals surface area contributed by atoms with E-state index in [0.717, 1.165) is 23.2 Å². The second-order valence-corrected chi connectivity index (χ2v) is 9.55. The molecule has 1 aromatic heterocycles. The SMILES string of the molecule is CCCNC(CCCS(C)(=O)=O)c1cc(C)c(Br)s1. The van der Waals surface area contributed by atoms with Gasteiger partial charge in [0, 0.05) is 22.9 Å². The smallest absolute Gasteiger partial charge is 0.147 e. The van der Waals surface area contributed by atoms with Crippen molar-refractivity contribution in [2.24, 2.45) is 0 Å². The van der Waals surface area contributed by atoms with E-state index in [1.54, 1.807) is 11.3 Å². The van der Waals surface area contributed by atoms with Gasteiger partial charge in [-0.2, -0.15) is 0 Å². The van der Waals surface area contributed by atoms with E-state index in [9.17, 15) is 8.42 Å². The number of halogens is 1. The molecule has 0 saturated heterocycles. The second-order valence-electron chi connectivity index (χ2n) is 4.88. The van der Waals surface area contributed by atoms with E-state index >= 15 is 0 Å². The van der Waals surface area contributed by atoms with Crippen LogP contribution in [0.2, 0.25) is 0 Å². The van der Waals surface area contributed by atoms with E-state index in [-0.39, 0.29) is 11.8 Å². The van der Waals surface area contributed by atoms with Crippen molar-refractivity contribution in [2.75, 3.05) is 18.6 Å². The number of hydrogen-bond acceptors (Lipinski definition) is 4. The monoisotopic (exact) mass is 367 g/mol. The van der Waals surface area contributed by atoms with Gasteiger partial charge in [0.2, 0.25) is 0 Å². The fraction of sp³-hybridized carbons (Fsp3) is 0.692. The molecule has 0 aliphatic carbocycles. The van der Waals surface area contributed by atoms with Crippen LogP contribution in [0.1, 0.15) is 42.7 Å². The summed E-state index contributed by atoms with van der Waals surface area (Å²) in [7, 11) is -2.86. The van der Waals surface area contributed by atoms with Crippen LogP contribution in [-0.2, 0) is 9.84 Å². The summed E-state index contributed by atoms with van der Waals surface area (Å²) in [5.74, 6) is 0.267. The molecule has 0 spiro atoms. The highest BCUT2D eigenvalue weighted by Crippen LogP contribution is 2.33. The minimum Gasteiger partial charge on any atom is -0.309 e. The molecule has 1 atom stereocenters. The zero-order chi connectivity index (χ0) is 14.5. The maximum absolute atomic E-state index is 11.2. The number of aryl methyl sites for hydroxylation is 1. The molecule has 0 aromatic carbocycles. The Labute approximate surface area is 128 Å². The Morgan fingerprint density at radius 1 is 1.47 bits per heavy atom. The summed E-state index contributed by atoms with van der Waals surface area (Å²) in [6.07, 6.45) is 3.94. The third-order valence-corrected chi connectivity index (χ3v) is 6.15. The van der Waals surface area contributed by atoms with Crippen LogP contribution < -0.4 is 5.32 Å². The van der Waals surface area contributed by atoms with Crippen LogP contribution >= 0.6 is 27.3 Å². The topological polar surface area (TPSA) is 46.2 Å². The van der Waals surface area contributed by atoms with Crippen LogP contribution in [0.4, 0.5) is 0 Å². The van der Waals surface area contributed by atoms with Gasteiger partial charge < -0.3 is 5.32 Å². The molecule has 0 saturated carbocycles. The van der Waals surface area contributed by atoms with E-state index in [4.69, 9.17) is 0 Å². The molecule has 0 bridgehead atoms. The molecule has 19 heavy (non-hydrogen) atoms. The van der Waals surface area contributed by atoms with Gasteiger partial charge in [0.05, 0.1) is 3.79 Å². The Morgan fingerprint density at radius 3 is 2.63 bits per heavy atom. The third-order valence-electron chi connectivity index (χ3n) is 2.87.